The number of rotatable bonds is 10. The zero-order chi connectivity index (χ0) is 27.1. The summed E-state index contributed by atoms with van der Waals surface area (Å²) in [5.41, 5.74) is -0.831. The van der Waals surface area contributed by atoms with Crippen molar-refractivity contribution < 1.29 is 35.3 Å². The Morgan fingerprint density at radius 3 is 2.59 bits per heavy atom. The number of benzene rings is 1. The molecule has 37 heavy (non-hydrogen) atoms. The lowest BCUT2D eigenvalue weighted by Gasteiger charge is -2.14. The predicted octanol–water partition coefficient (Wildman–Crippen LogP) is 6.40. The Morgan fingerprint density at radius 2 is 2.03 bits per heavy atom. The average molecular weight is 541 g/mol. The number of Topliss-reactive ketones (excluding diaryl/α,β-unsaturated/α-hetero) is 1. The molecule has 1 aliphatic carbocycles. The maximum atomic E-state index is 15.5. The first-order chi connectivity index (χ1) is 17.4. The zero-order valence-corrected chi connectivity index (χ0v) is 21.6. The molecule has 1 N–H and O–H groups in total. The molecule has 0 radical (unpaired) electrons. The van der Waals surface area contributed by atoms with E-state index in [1.165, 1.54) is 6.07 Å². The number of nitrogens with zero attached hydrogens (tertiary/aromatic N) is 3. The number of alkyl halides is 3. The van der Waals surface area contributed by atoms with Gasteiger partial charge < -0.3 is 4.42 Å². The number of hydrogen-bond acceptors (Lipinski definition) is 4. The van der Waals surface area contributed by atoms with Crippen molar-refractivity contribution in [1.29, 1.82) is 0 Å². The molecule has 0 spiro atoms. The molecular weight excluding hydrogens is 510 g/mol. The van der Waals surface area contributed by atoms with Crippen molar-refractivity contribution in [3.8, 4) is 11.5 Å². The number of halogens is 4. The van der Waals surface area contributed by atoms with Gasteiger partial charge >= 0.3 is 6.43 Å². The summed E-state index contributed by atoms with van der Waals surface area (Å²) >= 11 is 0. The second-order valence-corrected chi connectivity index (χ2v) is 11.4. The molecule has 6 nitrogen and oxygen atoms in total. The average Bonchev–Trinajstić information content (AvgIpc) is 3.47. The van der Waals surface area contributed by atoms with E-state index in [0.717, 1.165) is 18.9 Å². The van der Waals surface area contributed by atoms with E-state index in [1.807, 2.05) is 0 Å². The molecule has 11 heteroatoms. The van der Waals surface area contributed by atoms with E-state index in [4.69, 9.17) is 4.42 Å². The molecule has 3 atom stereocenters. The van der Waals surface area contributed by atoms with Crippen LogP contribution in [0.3, 0.4) is 0 Å². The van der Waals surface area contributed by atoms with Gasteiger partial charge in [-0.25, -0.2) is 8.78 Å². The molecule has 1 aromatic carbocycles. The molecule has 2 fully saturated rings. The monoisotopic (exact) mass is 540 g/mol. The summed E-state index contributed by atoms with van der Waals surface area (Å²) in [6.45, 7) is 11.1. The number of aromatic nitrogens is 2. The van der Waals surface area contributed by atoms with Gasteiger partial charge in [-0.15, -0.1) is 10.2 Å². The van der Waals surface area contributed by atoms with Gasteiger partial charge in [-0.1, -0.05) is 20.1 Å². The van der Waals surface area contributed by atoms with Gasteiger partial charge in [0, 0.05) is 17.5 Å². The van der Waals surface area contributed by atoms with E-state index in [-0.39, 0.29) is 65.3 Å². The van der Waals surface area contributed by atoms with Gasteiger partial charge in [-0.05, 0) is 61.4 Å². The Bertz CT molecular complexity index is 1290. The quantitative estimate of drug-likeness (QED) is 0.124. The summed E-state index contributed by atoms with van der Waals surface area (Å²) in [5.74, 6) is -2.44. The predicted molar refractivity (Wildman–Crippen MR) is 132 cm³/mol. The Balaban J connectivity index is 1.56. The lowest BCUT2D eigenvalue weighted by Crippen LogP contribution is -2.28. The topological polar surface area (TPSA) is 79.2 Å². The Hall–Kier alpha value is -2.66. The van der Waals surface area contributed by atoms with Crippen LogP contribution in [0.1, 0.15) is 74.2 Å². The fourth-order valence-corrected chi connectivity index (χ4v) is 6.33. The highest BCUT2D eigenvalue weighted by atomic mass is 32.2. The maximum Gasteiger partial charge on any atom is 0.314 e. The van der Waals surface area contributed by atoms with Crippen molar-refractivity contribution in [2.45, 2.75) is 75.8 Å². The van der Waals surface area contributed by atoms with Gasteiger partial charge in [-0.2, -0.15) is 12.7 Å². The Morgan fingerprint density at radius 1 is 1.32 bits per heavy atom. The fourth-order valence-electron chi connectivity index (χ4n) is 4.57. The molecular formula is C26H30F4N3O3S+. The normalized spacial score (nSPS) is 23.5. The van der Waals surface area contributed by atoms with Crippen molar-refractivity contribution in [1.82, 2.24) is 10.2 Å². The van der Waals surface area contributed by atoms with Crippen molar-refractivity contribution in [3.05, 3.63) is 59.3 Å². The van der Waals surface area contributed by atoms with E-state index < -0.39 is 40.6 Å². The van der Waals surface area contributed by atoms with Crippen molar-refractivity contribution >= 4 is 16.8 Å². The second kappa shape index (κ2) is 10.6. The third-order valence-corrected chi connectivity index (χ3v) is 8.94. The van der Waals surface area contributed by atoms with Crippen molar-refractivity contribution in [2.24, 2.45) is 0 Å². The van der Waals surface area contributed by atoms with E-state index in [1.54, 1.807) is 17.8 Å². The smallest absolute Gasteiger partial charge is 0.314 e. The minimum Gasteiger partial charge on any atom is -0.415 e. The Labute approximate surface area is 215 Å². The van der Waals surface area contributed by atoms with E-state index in [9.17, 15) is 22.5 Å². The maximum absolute atomic E-state index is 15.5. The molecule has 1 aliphatic heterocycles. The molecule has 1 saturated carbocycles. The minimum atomic E-state index is -2.98. The highest BCUT2D eigenvalue weighted by molar-refractivity contribution is 7.80. The third kappa shape index (κ3) is 5.62. The fraction of sp³-hybridized carbons (Fsp3) is 0.500. The van der Waals surface area contributed by atoms with Crippen LogP contribution in [0.15, 0.2) is 40.9 Å². The van der Waals surface area contributed by atoms with Crippen LogP contribution in [0.4, 0.5) is 17.6 Å². The van der Waals surface area contributed by atoms with Crippen LogP contribution in [-0.4, -0.2) is 48.0 Å². The summed E-state index contributed by atoms with van der Waals surface area (Å²) in [4.78, 5) is 13.3. The zero-order valence-electron chi connectivity index (χ0n) is 20.8. The van der Waals surface area contributed by atoms with Crippen LogP contribution < -0.4 is 0 Å². The lowest BCUT2D eigenvalue weighted by atomic mass is 9.90. The largest absolute Gasteiger partial charge is 0.415 e. The van der Waals surface area contributed by atoms with Crippen LogP contribution in [0.5, 0.6) is 0 Å². The molecule has 0 bridgehead atoms. The lowest BCUT2D eigenvalue weighted by molar-refractivity contribution is -0.527. The number of allylic oxidation sites excluding steroid dienone is 1. The summed E-state index contributed by atoms with van der Waals surface area (Å²) in [6.07, 6.45) is -0.217. The molecule has 1 saturated heterocycles. The molecule has 2 aromatic rings. The number of hydrogen-bond donors (Lipinski definition) is 1. The first-order valence-corrected chi connectivity index (χ1v) is 13.4. The van der Waals surface area contributed by atoms with Gasteiger partial charge in [0.05, 0.1) is 11.7 Å². The Kier molecular flexibility index (Phi) is 7.85. The first-order valence-electron chi connectivity index (χ1n) is 12.2. The van der Waals surface area contributed by atoms with Gasteiger partial charge in [-0.3, -0.25) is 9.35 Å². The second-order valence-electron chi connectivity index (χ2n) is 9.73. The SMILES string of the molecule is C=C(CC[C@H]1CC(F)(C(=C)C)C[N+]1=S(O)C1CC1)C(=O)c1cc(-c2nnc(C(F)F)o2)cc(F)c1CC. The highest BCUT2D eigenvalue weighted by Gasteiger charge is 2.52. The third-order valence-electron chi connectivity index (χ3n) is 6.97. The number of carbonyl (C=O) groups is 1. The van der Waals surface area contributed by atoms with Crippen LogP contribution in [0, 0.1) is 5.82 Å². The van der Waals surface area contributed by atoms with Crippen LogP contribution in [0.25, 0.3) is 11.5 Å². The molecule has 2 aliphatic rings. The summed E-state index contributed by atoms with van der Waals surface area (Å²) in [5, 5.41) is 6.94. The summed E-state index contributed by atoms with van der Waals surface area (Å²) in [7, 11) is -1.06. The van der Waals surface area contributed by atoms with E-state index in [0.29, 0.717) is 12.0 Å². The van der Waals surface area contributed by atoms with E-state index in [2.05, 4.69) is 23.4 Å². The van der Waals surface area contributed by atoms with Crippen molar-refractivity contribution in [3.63, 3.8) is 0 Å². The van der Waals surface area contributed by atoms with E-state index >= 15 is 4.39 Å². The number of ketones is 1. The standard InChI is InChI=1S/C26H29F4N3O3S/c1-5-19-20(10-16(11-21(19)27)24-31-32-25(36-24)23(28)29)22(34)15(4)6-7-17-12-26(30,14(2)3)13-33(17)37(35)18-8-9-18/h10-11,17-18,23H,2,4-9,12-13H2,1,3H3/p+1/t17-,26?,37?/m0/s1. The number of carbonyl (C=O) groups excluding carboxylic acids is 1. The molecule has 2 unspecified atom stereocenters. The van der Waals surface area contributed by atoms with Crippen molar-refractivity contribution in [2.75, 3.05) is 6.54 Å². The van der Waals surface area contributed by atoms with Gasteiger partial charge in [0.2, 0.25) is 5.89 Å². The van der Waals surface area contributed by atoms with Crippen LogP contribution in [0.2, 0.25) is 0 Å². The molecule has 1 aromatic heterocycles. The first kappa shape index (κ1) is 27.4. The molecule has 4 rings (SSSR count). The summed E-state index contributed by atoms with van der Waals surface area (Å²) < 4.78 is 73.6. The van der Waals surface area contributed by atoms with Gasteiger partial charge in [0.25, 0.3) is 5.89 Å². The van der Waals surface area contributed by atoms with Gasteiger partial charge in [0.15, 0.2) is 35.0 Å². The molecule has 0 amide bonds. The van der Waals surface area contributed by atoms with Crippen LogP contribution in [-0.2, 0) is 17.4 Å². The van der Waals surface area contributed by atoms with Gasteiger partial charge in [0.1, 0.15) is 5.82 Å². The van der Waals surface area contributed by atoms with Crippen LogP contribution >= 0.6 is 0 Å². The molecule has 200 valence electrons. The summed E-state index contributed by atoms with van der Waals surface area (Å²) in [6, 6.07) is 2.10. The minimum absolute atomic E-state index is 0.00430. The molecule has 2 heterocycles. The highest BCUT2D eigenvalue weighted by Crippen LogP contribution is 2.38.